The van der Waals surface area contributed by atoms with E-state index < -0.39 is 0 Å². The highest BCUT2D eigenvalue weighted by Crippen LogP contribution is 2.48. The molecule has 2 aliphatic rings. The third-order valence-corrected chi connectivity index (χ3v) is 7.29. The van der Waals surface area contributed by atoms with Crippen molar-refractivity contribution < 1.29 is 14.3 Å². The zero-order valence-electron chi connectivity index (χ0n) is 21.9. The summed E-state index contributed by atoms with van der Waals surface area (Å²) in [6.07, 6.45) is 6.07. The minimum atomic E-state index is -0.253. The Morgan fingerprint density at radius 1 is 1.08 bits per heavy atom. The zero-order valence-corrected chi connectivity index (χ0v) is 21.9. The smallest absolute Gasteiger partial charge is 0.251 e. The van der Waals surface area contributed by atoms with Crippen LogP contribution in [0.5, 0.6) is 11.5 Å². The van der Waals surface area contributed by atoms with E-state index in [1.807, 2.05) is 30.3 Å². The number of nitrogens with one attached hydrogen (secondary N) is 1. The molecule has 5 rings (SSSR count). The molecule has 1 N–H and O–H groups in total. The minimum Gasteiger partial charge on any atom is -0.493 e. The molecule has 3 aromatic rings. The molecular weight excluding hydrogens is 450 g/mol. The largest absolute Gasteiger partial charge is 0.493 e. The van der Waals surface area contributed by atoms with Crippen LogP contribution in [0.15, 0.2) is 54.9 Å². The summed E-state index contributed by atoms with van der Waals surface area (Å²) in [6, 6.07) is 14.1. The molecule has 3 heterocycles. The Morgan fingerprint density at radius 3 is 2.61 bits per heavy atom. The lowest BCUT2D eigenvalue weighted by atomic mass is 9.81. The summed E-state index contributed by atoms with van der Waals surface area (Å²) in [6.45, 7) is 10.1. The summed E-state index contributed by atoms with van der Waals surface area (Å²) >= 11 is 0. The maximum atomic E-state index is 13.0. The number of fused-ring (bicyclic) bond motifs is 3. The maximum absolute atomic E-state index is 13.0. The summed E-state index contributed by atoms with van der Waals surface area (Å²) in [5, 5.41) is 3.06. The number of hydrogen-bond acceptors (Lipinski definition) is 5. The van der Waals surface area contributed by atoms with Crippen LogP contribution in [0.3, 0.4) is 0 Å². The van der Waals surface area contributed by atoms with E-state index in [9.17, 15) is 4.79 Å². The molecule has 1 aromatic heterocycles. The number of aromatic nitrogens is 1. The van der Waals surface area contributed by atoms with Crippen molar-refractivity contribution in [2.24, 2.45) is 0 Å². The number of benzene rings is 2. The standard InChI is InChI=1S/C30H35N3O3/c1-29(2)17-22-16-26(35-5)27-24(18-30(3,4)36-27)25(22)19-33(29)23-8-6-7-21(15-23)28(34)32-14-11-20-9-12-31-13-10-20/h6-10,12-13,15-16H,11,14,17-19H2,1-5H3,(H,32,34). The molecule has 6 nitrogen and oxygen atoms in total. The number of ether oxygens (including phenoxy) is 2. The first kappa shape index (κ1) is 24.2. The number of carbonyl (C=O) groups is 1. The first-order valence-corrected chi connectivity index (χ1v) is 12.6. The number of methoxy groups -OCH3 is 1. The highest BCUT2D eigenvalue weighted by atomic mass is 16.5. The van der Waals surface area contributed by atoms with E-state index in [-0.39, 0.29) is 17.0 Å². The maximum Gasteiger partial charge on any atom is 0.251 e. The average molecular weight is 486 g/mol. The Bertz CT molecular complexity index is 1280. The Hall–Kier alpha value is -3.54. The lowest BCUT2D eigenvalue weighted by Crippen LogP contribution is -2.49. The van der Waals surface area contributed by atoms with Gasteiger partial charge in [0.05, 0.1) is 7.11 Å². The highest BCUT2D eigenvalue weighted by Gasteiger charge is 2.40. The van der Waals surface area contributed by atoms with Gasteiger partial charge in [-0.25, -0.2) is 0 Å². The van der Waals surface area contributed by atoms with Crippen molar-refractivity contribution in [2.45, 2.75) is 64.6 Å². The Kier molecular flexibility index (Phi) is 6.15. The Balaban J connectivity index is 1.39. The van der Waals surface area contributed by atoms with Gasteiger partial charge in [-0.2, -0.15) is 0 Å². The van der Waals surface area contributed by atoms with E-state index in [1.165, 1.54) is 16.7 Å². The van der Waals surface area contributed by atoms with Gasteiger partial charge in [-0.1, -0.05) is 6.07 Å². The van der Waals surface area contributed by atoms with Gasteiger partial charge in [0.1, 0.15) is 5.60 Å². The quantitative estimate of drug-likeness (QED) is 0.525. The molecule has 0 fully saturated rings. The van der Waals surface area contributed by atoms with Crippen LogP contribution in [0.2, 0.25) is 0 Å². The van der Waals surface area contributed by atoms with Gasteiger partial charge in [-0.05, 0) is 93.6 Å². The number of rotatable bonds is 6. The summed E-state index contributed by atoms with van der Waals surface area (Å²) in [5.41, 5.74) is 6.39. The van der Waals surface area contributed by atoms with Crippen LogP contribution < -0.4 is 19.7 Å². The van der Waals surface area contributed by atoms with Crippen molar-refractivity contribution in [2.75, 3.05) is 18.6 Å². The molecule has 0 unspecified atom stereocenters. The topological polar surface area (TPSA) is 63.7 Å². The van der Waals surface area contributed by atoms with Crippen LogP contribution in [-0.4, -0.2) is 35.7 Å². The van der Waals surface area contributed by atoms with Crippen molar-refractivity contribution in [3.05, 3.63) is 82.7 Å². The van der Waals surface area contributed by atoms with E-state index >= 15 is 0 Å². The van der Waals surface area contributed by atoms with Gasteiger partial charge in [0, 0.05) is 54.3 Å². The number of hydrogen-bond donors (Lipinski definition) is 1. The van der Waals surface area contributed by atoms with Gasteiger partial charge in [0.25, 0.3) is 5.91 Å². The summed E-state index contributed by atoms with van der Waals surface area (Å²) in [4.78, 5) is 19.4. The SMILES string of the molecule is COc1cc2c(c3c1OC(C)(C)C3)CN(c1cccc(C(=O)NCCc3ccncc3)c1)C(C)(C)C2. The van der Waals surface area contributed by atoms with Crippen LogP contribution in [0.4, 0.5) is 5.69 Å². The van der Waals surface area contributed by atoms with Crippen molar-refractivity contribution in [3.8, 4) is 11.5 Å². The number of pyridine rings is 1. The normalized spacial score (nSPS) is 17.1. The van der Waals surface area contributed by atoms with E-state index in [0.29, 0.717) is 12.1 Å². The van der Waals surface area contributed by atoms with Gasteiger partial charge in [-0.15, -0.1) is 0 Å². The molecular formula is C30H35N3O3. The first-order chi connectivity index (χ1) is 17.2. The predicted octanol–water partition coefficient (Wildman–Crippen LogP) is 5.12. The first-order valence-electron chi connectivity index (χ1n) is 12.6. The molecule has 0 radical (unpaired) electrons. The minimum absolute atomic E-state index is 0.0538. The van der Waals surface area contributed by atoms with E-state index in [0.717, 1.165) is 48.6 Å². The van der Waals surface area contributed by atoms with Gasteiger partial charge in [0.15, 0.2) is 11.5 Å². The van der Waals surface area contributed by atoms with Crippen LogP contribution in [0.1, 0.15) is 60.3 Å². The lowest BCUT2D eigenvalue weighted by molar-refractivity contribution is 0.0954. The zero-order chi connectivity index (χ0) is 25.5. The Labute approximate surface area is 213 Å². The second-order valence-electron chi connectivity index (χ2n) is 11.0. The van der Waals surface area contributed by atoms with Crippen molar-refractivity contribution >= 4 is 11.6 Å². The second kappa shape index (κ2) is 9.16. The van der Waals surface area contributed by atoms with Gasteiger partial charge in [0.2, 0.25) is 0 Å². The van der Waals surface area contributed by atoms with Crippen molar-refractivity contribution in [3.63, 3.8) is 0 Å². The molecule has 0 aliphatic carbocycles. The fourth-order valence-electron chi connectivity index (χ4n) is 5.50. The molecule has 0 spiro atoms. The average Bonchev–Trinajstić information content (AvgIpc) is 3.18. The molecule has 0 bridgehead atoms. The molecule has 0 atom stereocenters. The molecule has 1 amide bonds. The van der Waals surface area contributed by atoms with Crippen molar-refractivity contribution in [1.82, 2.24) is 10.3 Å². The number of carbonyl (C=O) groups excluding carboxylic acids is 1. The van der Waals surface area contributed by atoms with E-state index in [2.05, 4.69) is 55.0 Å². The third-order valence-electron chi connectivity index (χ3n) is 7.29. The van der Waals surface area contributed by atoms with Gasteiger partial charge < -0.3 is 19.7 Å². The monoisotopic (exact) mass is 485 g/mol. The van der Waals surface area contributed by atoms with E-state index in [1.54, 1.807) is 19.5 Å². The highest BCUT2D eigenvalue weighted by molar-refractivity contribution is 5.95. The Morgan fingerprint density at radius 2 is 1.86 bits per heavy atom. The lowest BCUT2D eigenvalue weighted by Gasteiger charge is -2.45. The number of anilines is 1. The number of amides is 1. The third kappa shape index (κ3) is 4.64. The second-order valence-corrected chi connectivity index (χ2v) is 11.0. The molecule has 0 saturated carbocycles. The fraction of sp³-hybridized carbons (Fsp3) is 0.400. The van der Waals surface area contributed by atoms with Crippen LogP contribution >= 0.6 is 0 Å². The molecule has 0 saturated heterocycles. The molecule has 2 aliphatic heterocycles. The van der Waals surface area contributed by atoms with Crippen molar-refractivity contribution in [1.29, 1.82) is 0 Å². The molecule has 36 heavy (non-hydrogen) atoms. The predicted molar refractivity (Wildman–Crippen MR) is 142 cm³/mol. The van der Waals surface area contributed by atoms with Gasteiger partial charge >= 0.3 is 0 Å². The van der Waals surface area contributed by atoms with Crippen LogP contribution in [0.25, 0.3) is 0 Å². The summed E-state index contributed by atoms with van der Waals surface area (Å²) < 4.78 is 12.0. The molecule has 6 heteroatoms. The van der Waals surface area contributed by atoms with Crippen LogP contribution in [-0.2, 0) is 25.8 Å². The summed E-state index contributed by atoms with van der Waals surface area (Å²) in [5.74, 6) is 1.65. The fourth-order valence-corrected chi connectivity index (χ4v) is 5.50. The van der Waals surface area contributed by atoms with Gasteiger partial charge in [-0.3, -0.25) is 9.78 Å². The summed E-state index contributed by atoms with van der Waals surface area (Å²) in [7, 11) is 1.71. The molecule has 188 valence electrons. The van der Waals surface area contributed by atoms with E-state index in [4.69, 9.17) is 9.47 Å². The number of nitrogens with zero attached hydrogens (tertiary/aromatic N) is 2. The molecule has 2 aromatic carbocycles. The van der Waals surface area contributed by atoms with Crippen LogP contribution in [0, 0.1) is 0 Å².